The summed E-state index contributed by atoms with van der Waals surface area (Å²) in [7, 11) is 0. The van der Waals surface area contributed by atoms with E-state index in [-0.39, 0.29) is 17.5 Å². The number of nitrogens with zero attached hydrogens (tertiary/aromatic N) is 1. The summed E-state index contributed by atoms with van der Waals surface area (Å²) in [5.74, 6) is -1.47. The molecule has 110 valence electrons. The molecular formula is C15H21FN2O2. The van der Waals surface area contributed by atoms with Crippen LogP contribution < -0.4 is 5.32 Å². The molecule has 4 nitrogen and oxygen atoms in total. The summed E-state index contributed by atoms with van der Waals surface area (Å²) in [6.45, 7) is 5.12. The first kappa shape index (κ1) is 14.8. The van der Waals surface area contributed by atoms with Gasteiger partial charge in [-0.25, -0.2) is 4.39 Å². The van der Waals surface area contributed by atoms with E-state index in [1.807, 2.05) is 0 Å². The Bertz CT molecular complexity index is 477. The minimum absolute atomic E-state index is 0.120. The molecule has 1 amide bonds. The molecule has 0 aromatic heterocycles. The third kappa shape index (κ3) is 3.70. The summed E-state index contributed by atoms with van der Waals surface area (Å²) < 4.78 is 13.0. The second-order valence-electron chi connectivity index (χ2n) is 5.28. The van der Waals surface area contributed by atoms with Crippen LogP contribution in [0.4, 0.5) is 4.39 Å². The van der Waals surface area contributed by atoms with Gasteiger partial charge in [-0.3, -0.25) is 4.79 Å². The van der Waals surface area contributed by atoms with Gasteiger partial charge in [-0.15, -0.1) is 0 Å². The zero-order chi connectivity index (χ0) is 14.5. The second kappa shape index (κ2) is 6.70. The quantitative estimate of drug-likeness (QED) is 0.888. The zero-order valence-corrected chi connectivity index (χ0v) is 11.7. The summed E-state index contributed by atoms with van der Waals surface area (Å²) in [4.78, 5) is 14.4. The maximum Gasteiger partial charge on any atom is 0.251 e. The fourth-order valence-corrected chi connectivity index (χ4v) is 2.62. The Hall–Kier alpha value is -1.62. The highest BCUT2D eigenvalue weighted by atomic mass is 19.1. The van der Waals surface area contributed by atoms with Crippen LogP contribution in [0, 0.1) is 5.82 Å². The lowest BCUT2D eigenvalue weighted by Crippen LogP contribution is -2.47. The van der Waals surface area contributed by atoms with E-state index >= 15 is 0 Å². The molecule has 2 rings (SSSR count). The van der Waals surface area contributed by atoms with Crippen LogP contribution in [0.5, 0.6) is 5.75 Å². The summed E-state index contributed by atoms with van der Waals surface area (Å²) in [5, 5.41) is 12.3. The Morgan fingerprint density at radius 2 is 2.35 bits per heavy atom. The van der Waals surface area contributed by atoms with Crippen LogP contribution in [0.3, 0.4) is 0 Å². The van der Waals surface area contributed by atoms with Gasteiger partial charge in [-0.2, -0.15) is 0 Å². The first-order chi connectivity index (χ1) is 9.60. The van der Waals surface area contributed by atoms with E-state index in [0.717, 1.165) is 51.0 Å². The summed E-state index contributed by atoms with van der Waals surface area (Å²) >= 11 is 0. The molecule has 0 bridgehead atoms. The van der Waals surface area contributed by atoms with E-state index in [1.54, 1.807) is 0 Å². The molecule has 5 heteroatoms. The lowest BCUT2D eigenvalue weighted by atomic mass is 10.0. The number of aromatic hydroxyl groups is 1. The van der Waals surface area contributed by atoms with Crippen molar-refractivity contribution in [1.29, 1.82) is 0 Å². The van der Waals surface area contributed by atoms with E-state index in [1.165, 1.54) is 6.07 Å². The molecular weight excluding hydrogens is 259 g/mol. The Labute approximate surface area is 118 Å². The van der Waals surface area contributed by atoms with Crippen molar-refractivity contribution >= 4 is 5.91 Å². The lowest BCUT2D eigenvalue weighted by molar-refractivity contribution is 0.0903. The number of carbonyl (C=O) groups excluding carboxylic acids is 1. The Morgan fingerprint density at radius 3 is 3.05 bits per heavy atom. The molecule has 0 radical (unpaired) electrons. The number of likely N-dealkylation sites (tertiary alicyclic amines) is 1. The molecule has 0 unspecified atom stereocenters. The maximum absolute atomic E-state index is 13.0. The summed E-state index contributed by atoms with van der Waals surface area (Å²) in [6, 6.07) is 3.78. The van der Waals surface area contributed by atoms with Crippen molar-refractivity contribution in [2.45, 2.75) is 32.2 Å². The van der Waals surface area contributed by atoms with Crippen molar-refractivity contribution in [3.8, 4) is 5.75 Å². The number of carbonyl (C=O) groups is 1. The number of benzene rings is 1. The fraction of sp³-hybridized carbons (Fsp3) is 0.533. The van der Waals surface area contributed by atoms with Crippen molar-refractivity contribution in [1.82, 2.24) is 10.2 Å². The van der Waals surface area contributed by atoms with Gasteiger partial charge in [0.05, 0.1) is 0 Å². The number of hydrogen-bond donors (Lipinski definition) is 2. The number of phenolic OH excluding ortho intramolecular Hbond substituents is 1. The van der Waals surface area contributed by atoms with Gasteiger partial charge >= 0.3 is 0 Å². The number of amides is 1. The van der Waals surface area contributed by atoms with Crippen molar-refractivity contribution in [2.24, 2.45) is 0 Å². The Balaban J connectivity index is 1.95. The van der Waals surface area contributed by atoms with Crippen molar-refractivity contribution in [3.05, 3.63) is 29.6 Å². The average Bonchev–Trinajstić information content (AvgIpc) is 2.42. The minimum Gasteiger partial charge on any atom is -0.505 e. The molecule has 2 N–H and O–H groups in total. The number of hydrogen-bond acceptors (Lipinski definition) is 3. The van der Waals surface area contributed by atoms with Crippen LogP contribution in [-0.2, 0) is 0 Å². The normalized spacial score (nSPS) is 19.8. The molecule has 1 fully saturated rings. The average molecular weight is 280 g/mol. The van der Waals surface area contributed by atoms with Gasteiger partial charge in [-0.1, -0.05) is 6.92 Å². The van der Waals surface area contributed by atoms with Crippen LogP contribution in [0.1, 0.15) is 36.5 Å². The maximum atomic E-state index is 13.0. The Morgan fingerprint density at radius 1 is 1.55 bits per heavy atom. The van der Waals surface area contributed by atoms with Crippen LogP contribution in [0.2, 0.25) is 0 Å². The van der Waals surface area contributed by atoms with Gasteiger partial charge in [0.15, 0.2) is 11.6 Å². The highest BCUT2D eigenvalue weighted by Gasteiger charge is 2.21. The topological polar surface area (TPSA) is 52.6 Å². The van der Waals surface area contributed by atoms with Crippen molar-refractivity contribution in [2.75, 3.05) is 19.6 Å². The molecule has 1 heterocycles. The SMILES string of the molecule is CCCN1CCC[C@@H](NC(=O)c2ccc(F)c(O)c2)C1. The largest absolute Gasteiger partial charge is 0.505 e. The molecule has 0 saturated carbocycles. The predicted molar refractivity (Wildman–Crippen MR) is 75.3 cm³/mol. The van der Waals surface area contributed by atoms with Crippen LogP contribution in [0.15, 0.2) is 18.2 Å². The molecule has 1 saturated heterocycles. The van der Waals surface area contributed by atoms with Gasteiger partial charge in [0.25, 0.3) is 5.91 Å². The van der Waals surface area contributed by atoms with Crippen molar-refractivity contribution < 1.29 is 14.3 Å². The fourth-order valence-electron chi connectivity index (χ4n) is 2.62. The van der Waals surface area contributed by atoms with E-state index in [4.69, 9.17) is 0 Å². The first-order valence-corrected chi connectivity index (χ1v) is 7.12. The summed E-state index contributed by atoms with van der Waals surface area (Å²) in [5.41, 5.74) is 0.288. The monoisotopic (exact) mass is 280 g/mol. The van der Waals surface area contributed by atoms with Crippen LogP contribution in [0.25, 0.3) is 0 Å². The molecule has 0 spiro atoms. The molecule has 1 aliphatic rings. The third-order valence-corrected chi connectivity index (χ3v) is 3.59. The molecule has 1 atom stereocenters. The number of halogens is 1. The molecule has 1 aromatic rings. The molecule has 20 heavy (non-hydrogen) atoms. The van der Waals surface area contributed by atoms with E-state index in [9.17, 15) is 14.3 Å². The van der Waals surface area contributed by atoms with E-state index < -0.39 is 11.6 Å². The molecule has 0 aliphatic carbocycles. The van der Waals surface area contributed by atoms with Gasteiger partial charge < -0.3 is 15.3 Å². The lowest BCUT2D eigenvalue weighted by Gasteiger charge is -2.32. The van der Waals surface area contributed by atoms with Crippen molar-refractivity contribution in [3.63, 3.8) is 0 Å². The third-order valence-electron chi connectivity index (χ3n) is 3.59. The highest BCUT2D eigenvalue weighted by molar-refractivity contribution is 5.94. The Kier molecular flexibility index (Phi) is 4.95. The predicted octanol–water partition coefficient (Wildman–Crippen LogP) is 2.14. The highest BCUT2D eigenvalue weighted by Crippen LogP contribution is 2.17. The number of piperidine rings is 1. The van der Waals surface area contributed by atoms with Crippen LogP contribution in [-0.4, -0.2) is 41.6 Å². The minimum atomic E-state index is -0.715. The van der Waals surface area contributed by atoms with Gasteiger partial charge in [-0.05, 0) is 50.6 Å². The second-order valence-corrected chi connectivity index (χ2v) is 5.28. The molecule has 1 aromatic carbocycles. The van der Waals surface area contributed by atoms with Gasteiger partial charge in [0.2, 0.25) is 0 Å². The van der Waals surface area contributed by atoms with E-state index in [2.05, 4.69) is 17.1 Å². The zero-order valence-electron chi connectivity index (χ0n) is 11.7. The number of rotatable bonds is 4. The first-order valence-electron chi connectivity index (χ1n) is 7.12. The molecule has 1 aliphatic heterocycles. The van der Waals surface area contributed by atoms with Crippen LogP contribution >= 0.6 is 0 Å². The van der Waals surface area contributed by atoms with Gasteiger partial charge in [0.1, 0.15) is 0 Å². The number of phenols is 1. The summed E-state index contributed by atoms with van der Waals surface area (Å²) in [6.07, 6.45) is 3.13. The smallest absolute Gasteiger partial charge is 0.251 e. The standard InChI is InChI=1S/C15H21FN2O2/c1-2-7-18-8-3-4-12(10-18)17-15(20)11-5-6-13(16)14(19)9-11/h5-6,9,12,19H,2-4,7-8,10H2,1H3,(H,17,20)/t12-/m1/s1. The van der Waals surface area contributed by atoms with E-state index in [0.29, 0.717) is 0 Å². The van der Waals surface area contributed by atoms with Gasteiger partial charge in [0, 0.05) is 18.2 Å². The number of nitrogens with one attached hydrogen (secondary N) is 1.